The minimum absolute atomic E-state index is 0.405. The molecule has 0 heterocycles. The zero-order valence-electron chi connectivity index (χ0n) is 11.0. The van der Waals surface area contributed by atoms with Crippen LogP contribution in [0.1, 0.15) is 53.9 Å². The molecule has 2 rings (SSSR count). The maximum absolute atomic E-state index is 6.22. The zero-order valence-corrected chi connectivity index (χ0v) is 11.0. The molecule has 0 N–H and O–H groups in total. The lowest BCUT2D eigenvalue weighted by molar-refractivity contribution is -0.0958. The van der Waals surface area contributed by atoms with E-state index in [-0.39, 0.29) is 0 Å². The number of ether oxygens (including phenoxy) is 1. The summed E-state index contributed by atoms with van der Waals surface area (Å²) in [6, 6.07) is 0. The van der Waals surface area contributed by atoms with E-state index in [9.17, 15) is 0 Å². The maximum atomic E-state index is 6.22. The Morgan fingerprint density at radius 3 is 2.40 bits per heavy atom. The molecule has 2 saturated carbocycles. The summed E-state index contributed by atoms with van der Waals surface area (Å²) < 4.78 is 6.22. The number of hydrogen-bond acceptors (Lipinski definition) is 1. The lowest BCUT2D eigenvalue weighted by atomic mass is 9.70. The van der Waals surface area contributed by atoms with Gasteiger partial charge in [-0.3, -0.25) is 0 Å². The van der Waals surface area contributed by atoms with Crippen LogP contribution in [0.5, 0.6) is 0 Å². The molecule has 0 spiro atoms. The van der Waals surface area contributed by atoms with Gasteiger partial charge in [0, 0.05) is 6.61 Å². The first-order chi connectivity index (χ1) is 6.86. The highest BCUT2D eigenvalue weighted by atomic mass is 16.5. The Bertz CT molecular complexity index is 239. The van der Waals surface area contributed by atoms with Gasteiger partial charge in [-0.2, -0.15) is 0 Å². The van der Waals surface area contributed by atoms with Gasteiger partial charge >= 0.3 is 0 Å². The minimum Gasteiger partial charge on any atom is -0.377 e. The Morgan fingerprint density at radius 2 is 1.93 bits per heavy atom. The highest BCUT2D eigenvalue weighted by Gasteiger charge is 2.59. The standard InChI is InChI=1S/C14H26O/c1-10(2)9-15-12-13(3,4)11-6-7-14(12,5)8-11/h10-12H,6-9H2,1-5H3. The summed E-state index contributed by atoms with van der Waals surface area (Å²) in [6.07, 6.45) is 4.68. The van der Waals surface area contributed by atoms with Crippen molar-refractivity contribution in [1.82, 2.24) is 0 Å². The van der Waals surface area contributed by atoms with Gasteiger partial charge in [0.1, 0.15) is 0 Å². The van der Waals surface area contributed by atoms with Crippen LogP contribution in [0, 0.1) is 22.7 Å². The van der Waals surface area contributed by atoms with Gasteiger partial charge < -0.3 is 4.74 Å². The summed E-state index contributed by atoms with van der Waals surface area (Å²) in [6.45, 7) is 12.7. The minimum atomic E-state index is 0.405. The van der Waals surface area contributed by atoms with Crippen molar-refractivity contribution in [2.24, 2.45) is 22.7 Å². The molecule has 2 aliphatic carbocycles. The second-order valence-corrected chi connectivity index (χ2v) is 7.02. The van der Waals surface area contributed by atoms with Gasteiger partial charge in [0.15, 0.2) is 0 Å². The molecule has 0 amide bonds. The van der Waals surface area contributed by atoms with Crippen LogP contribution in [-0.2, 0) is 4.74 Å². The summed E-state index contributed by atoms with van der Waals surface area (Å²) in [7, 11) is 0. The second kappa shape index (κ2) is 3.48. The molecule has 3 unspecified atom stereocenters. The lowest BCUT2D eigenvalue weighted by Crippen LogP contribution is -2.42. The number of fused-ring (bicyclic) bond motifs is 2. The molecule has 88 valence electrons. The Balaban J connectivity index is 2.09. The summed E-state index contributed by atoms with van der Waals surface area (Å²) >= 11 is 0. The van der Waals surface area contributed by atoms with Crippen LogP contribution >= 0.6 is 0 Å². The largest absolute Gasteiger partial charge is 0.377 e. The Labute approximate surface area is 94.6 Å². The maximum Gasteiger partial charge on any atom is 0.0682 e. The van der Waals surface area contributed by atoms with Crippen molar-refractivity contribution in [2.75, 3.05) is 6.61 Å². The summed E-state index contributed by atoms with van der Waals surface area (Å²) in [5.74, 6) is 1.56. The van der Waals surface area contributed by atoms with Crippen molar-refractivity contribution in [3.63, 3.8) is 0 Å². The molecule has 1 nitrogen and oxygen atoms in total. The monoisotopic (exact) mass is 210 g/mol. The first kappa shape index (κ1) is 11.4. The van der Waals surface area contributed by atoms with Crippen molar-refractivity contribution < 1.29 is 4.74 Å². The quantitative estimate of drug-likeness (QED) is 0.687. The normalized spacial score (nSPS) is 42.8. The van der Waals surface area contributed by atoms with E-state index >= 15 is 0 Å². The van der Waals surface area contributed by atoms with Gasteiger partial charge in [0.25, 0.3) is 0 Å². The molecular weight excluding hydrogens is 184 g/mol. The van der Waals surface area contributed by atoms with Crippen molar-refractivity contribution >= 4 is 0 Å². The SMILES string of the molecule is CC(C)COC1C2(C)CCC(C2)C1(C)C. The molecule has 3 atom stereocenters. The van der Waals surface area contributed by atoms with Crippen LogP contribution in [0.4, 0.5) is 0 Å². The fraction of sp³-hybridized carbons (Fsp3) is 1.00. The fourth-order valence-corrected chi connectivity index (χ4v) is 3.96. The third-order valence-corrected chi connectivity index (χ3v) is 4.73. The van der Waals surface area contributed by atoms with Crippen LogP contribution in [-0.4, -0.2) is 12.7 Å². The van der Waals surface area contributed by atoms with E-state index in [0.29, 0.717) is 22.9 Å². The van der Waals surface area contributed by atoms with Crippen LogP contribution in [0.3, 0.4) is 0 Å². The topological polar surface area (TPSA) is 9.23 Å². The average molecular weight is 210 g/mol. The third kappa shape index (κ3) is 1.73. The molecule has 0 aromatic heterocycles. The van der Waals surface area contributed by atoms with Crippen LogP contribution in [0.15, 0.2) is 0 Å². The molecule has 0 radical (unpaired) electrons. The highest BCUT2D eigenvalue weighted by molar-refractivity contribution is 5.09. The van der Waals surface area contributed by atoms with E-state index in [1.807, 2.05) is 0 Å². The Kier molecular flexibility index (Phi) is 2.65. The molecule has 0 saturated heterocycles. The zero-order chi connectivity index (χ0) is 11.3. The van der Waals surface area contributed by atoms with Crippen molar-refractivity contribution in [3.8, 4) is 0 Å². The highest BCUT2D eigenvalue weighted by Crippen LogP contribution is 2.63. The third-order valence-electron chi connectivity index (χ3n) is 4.73. The summed E-state index contributed by atoms with van der Waals surface area (Å²) in [4.78, 5) is 0. The molecule has 2 fully saturated rings. The number of hydrogen-bond donors (Lipinski definition) is 0. The Morgan fingerprint density at radius 1 is 1.27 bits per heavy atom. The van der Waals surface area contributed by atoms with E-state index in [1.165, 1.54) is 19.3 Å². The molecule has 0 aliphatic heterocycles. The van der Waals surface area contributed by atoms with E-state index in [2.05, 4.69) is 34.6 Å². The van der Waals surface area contributed by atoms with Gasteiger partial charge in [-0.25, -0.2) is 0 Å². The predicted molar refractivity (Wildman–Crippen MR) is 63.8 cm³/mol. The molecule has 2 bridgehead atoms. The van der Waals surface area contributed by atoms with Gasteiger partial charge in [-0.15, -0.1) is 0 Å². The fourth-order valence-electron chi connectivity index (χ4n) is 3.96. The predicted octanol–water partition coefficient (Wildman–Crippen LogP) is 3.87. The van der Waals surface area contributed by atoms with E-state index in [1.54, 1.807) is 0 Å². The number of rotatable bonds is 3. The van der Waals surface area contributed by atoms with Crippen LogP contribution in [0.25, 0.3) is 0 Å². The van der Waals surface area contributed by atoms with Crippen LogP contribution in [0.2, 0.25) is 0 Å². The van der Waals surface area contributed by atoms with Crippen molar-refractivity contribution in [2.45, 2.75) is 60.0 Å². The smallest absolute Gasteiger partial charge is 0.0682 e. The van der Waals surface area contributed by atoms with Gasteiger partial charge in [0.2, 0.25) is 0 Å². The van der Waals surface area contributed by atoms with E-state index < -0.39 is 0 Å². The lowest BCUT2D eigenvalue weighted by Gasteiger charge is -2.42. The first-order valence-electron chi connectivity index (χ1n) is 6.48. The molecule has 1 heteroatoms. The Hall–Kier alpha value is -0.0400. The molecule has 2 aliphatic rings. The second-order valence-electron chi connectivity index (χ2n) is 7.02. The first-order valence-corrected chi connectivity index (χ1v) is 6.48. The molecular formula is C14H26O. The van der Waals surface area contributed by atoms with Crippen LogP contribution < -0.4 is 0 Å². The van der Waals surface area contributed by atoms with Gasteiger partial charge in [-0.05, 0) is 41.9 Å². The van der Waals surface area contributed by atoms with Gasteiger partial charge in [0.05, 0.1) is 6.10 Å². The van der Waals surface area contributed by atoms with E-state index in [0.717, 1.165) is 12.5 Å². The molecule has 0 aromatic carbocycles. The average Bonchev–Trinajstić information content (AvgIpc) is 2.54. The van der Waals surface area contributed by atoms with Gasteiger partial charge in [-0.1, -0.05) is 34.6 Å². The van der Waals surface area contributed by atoms with E-state index in [4.69, 9.17) is 4.74 Å². The summed E-state index contributed by atoms with van der Waals surface area (Å²) in [5, 5.41) is 0. The van der Waals surface area contributed by atoms with Crippen molar-refractivity contribution in [3.05, 3.63) is 0 Å². The summed E-state index contributed by atoms with van der Waals surface area (Å²) in [5.41, 5.74) is 0.880. The molecule has 0 aromatic rings. The van der Waals surface area contributed by atoms with Crippen molar-refractivity contribution in [1.29, 1.82) is 0 Å². The molecule has 15 heavy (non-hydrogen) atoms.